The second-order valence-electron chi connectivity index (χ2n) is 6.58. The molecule has 0 saturated heterocycles. The molecule has 1 aromatic heterocycles. The van der Waals surface area contributed by atoms with E-state index in [1.807, 2.05) is 13.8 Å². The Bertz CT molecular complexity index is 982. The average Bonchev–Trinajstić information content (AvgIpc) is 3.05. The predicted molar refractivity (Wildman–Crippen MR) is 125 cm³/mol. The number of benzene rings is 1. The highest BCUT2D eigenvalue weighted by Crippen LogP contribution is 2.34. The number of hydrogen-bond acceptors (Lipinski definition) is 6. The van der Waals surface area contributed by atoms with Gasteiger partial charge in [-0.25, -0.2) is 4.79 Å². The van der Waals surface area contributed by atoms with Crippen LogP contribution in [0.3, 0.4) is 0 Å². The van der Waals surface area contributed by atoms with Crippen molar-refractivity contribution in [1.29, 1.82) is 0 Å². The molecule has 2 rings (SSSR count). The number of methoxy groups -OCH3 is 1. The molecule has 0 atom stereocenters. The highest BCUT2D eigenvalue weighted by Gasteiger charge is 2.27. The van der Waals surface area contributed by atoms with Crippen molar-refractivity contribution in [3.8, 4) is 0 Å². The third-order valence-electron chi connectivity index (χ3n) is 4.58. The zero-order chi connectivity index (χ0) is 23.1. The maximum absolute atomic E-state index is 12.9. The van der Waals surface area contributed by atoms with Crippen molar-refractivity contribution >= 4 is 57.2 Å². The summed E-state index contributed by atoms with van der Waals surface area (Å²) < 4.78 is 4.90. The van der Waals surface area contributed by atoms with Crippen molar-refractivity contribution in [1.82, 2.24) is 4.90 Å². The molecule has 31 heavy (non-hydrogen) atoms. The Hall–Kier alpha value is -2.98. The highest BCUT2D eigenvalue weighted by atomic mass is 32.1. The van der Waals surface area contributed by atoms with Gasteiger partial charge in [0.05, 0.1) is 24.0 Å². The molecule has 10 heteroatoms. The van der Waals surface area contributed by atoms with E-state index in [9.17, 15) is 14.4 Å². The van der Waals surface area contributed by atoms with E-state index in [-0.39, 0.29) is 23.0 Å². The molecule has 0 radical (unpaired) electrons. The van der Waals surface area contributed by atoms with Crippen molar-refractivity contribution < 1.29 is 24.2 Å². The van der Waals surface area contributed by atoms with Crippen LogP contribution in [0.25, 0.3) is 0 Å². The van der Waals surface area contributed by atoms with Crippen LogP contribution < -0.4 is 10.6 Å². The topological polar surface area (TPSA) is 108 Å². The number of aliphatic carboxylic acids is 1. The number of carbonyl (C=O) groups is 3. The van der Waals surface area contributed by atoms with E-state index in [0.717, 1.165) is 11.3 Å². The summed E-state index contributed by atoms with van der Waals surface area (Å²) in [4.78, 5) is 38.2. The van der Waals surface area contributed by atoms with Gasteiger partial charge in [0.25, 0.3) is 5.91 Å². The Morgan fingerprint density at radius 2 is 1.74 bits per heavy atom. The Labute approximate surface area is 190 Å². The summed E-state index contributed by atoms with van der Waals surface area (Å²) in [6, 6.07) is 6.80. The quantitative estimate of drug-likeness (QED) is 0.401. The summed E-state index contributed by atoms with van der Waals surface area (Å²) in [6.07, 6.45) is -0.0662. The van der Waals surface area contributed by atoms with Crippen LogP contribution in [0.15, 0.2) is 24.3 Å². The molecule has 0 bridgehead atoms. The standard InChI is InChI=1S/C21H25N3O5S2/c1-5-24(6-2)19(27)17-12(3)16(20(28)29-4)18(31-17)23-21(30)22-14-9-7-13(8-10-14)11-15(25)26/h7-10H,5-6,11H2,1-4H3,(H,25,26)(H2,22,23,30). The molecule has 166 valence electrons. The number of esters is 1. The van der Waals surface area contributed by atoms with Crippen LogP contribution in [0, 0.1) is 6.92 Å². The molecule has 0 aliphatic rings. The lowest BCUT2D eigenvalue weighted by atomic mass is 10.1. The summed E-state index contributed by atoms with van der Waals surface area (Å²) in [7, 11) is 1.28. The van der Waals surface area contributed by atoms with E-state index in [2.05, 4.69) is 10.6 Å². The maximum Gasteiger partial charge on any atom is 0.341 e. The van der Waals surface area contributed by atoms with Gasteiger partial charge in [-0.05, 0) is 56.2 Å². The van der Waals surface area contributed by atoms with Crippen LogP contribution in [-0.4, -0.2) is 53.2 Å². The number of thiocarbonyl (C=S) groups is 1. The SMILES string of the molecule is CCN(CC)C(=O)c1sc(NC(=S)Nc2ccc(CC(=O)O)cc2)c(C(=O)OC)c1C. The lowest BCUT2D eigenvalue weighted by Gasteiger charge is -2.17. The number of nitrogens with one attached hydrogen (secondary N) is 2. The van der Waals surface area contributed by atoms with Gasteiger partial charge in [-0.1, -0.05) is 12.1 Å². The molecule has 0 saturated carbocycles. The third kappa shape index (κ3) is 6.02. The number of rotatable bonds is 8. The molecule has 0 aliphatic carbocycles. The van der Waals surface area contributed by atoms with Crippen LogP contribution in [0.1, 0.15) is 45.0 Å². The van der Waals surface area contributed by atoms with E-state index in [1.165, 1.54) is 7.11 Å². The van der Waals surface area contributed by atoms with Crippen LogP contribution in [0.5, 0.6) is 0 Å². The molecule has 3 N–H and O–H groups in total. The highest BCUT2D eigenvalue weighted by molar-refractivity contribution is 7.80. The lowest BCUT2D eigenvalue weighted by Crippen LogP contribution is -2.30. The largest absolute Gasteiger partial charge is 0.481 e. The molecular formula is C21H25N3O5S2. The van der Waals surface area contributed by atoms with Crippen LogP contribution in [0.2, 0.25) is 0 Å². The molecule has 0 spiro atoms. The summed E-state index contributed by atoms with van der Waals surface area (Å²) >= 11 is 6.51. The number of carboxylic acids is 1. The fourth-order valence-corrected chi connectivity index (χ4v) is 4.41. The molecule has 1 heterocycles. The average molecular weight is 464 g/mol. The van der Waals surface area contributed by atoms with Gasteiger partial charge in [0, 0.05) is 18.8 Å². The molecule has 0 aliphatic heterocycles. The van der Waals surface area contributed by atoms with Crippen LogP contribution in [-0.2, 0) is 16.0 Å². The van der Waals surface area contributed by atoms with Crippen LogP contribution >= 0.6 is 23.6 Å². The van der Waals surface area contributed by atoms with Gasteiger partial charge in [0.1, 0.15) is 5.00 Å². The molecule has 1 amide bonds. The molecule has 1 aromatic carbocycles. The second-order valence-corrected chi connectivity index (χ2v) is 8.00. The van der Waals surface area contributed by atoms with Gasteiger partial charge in [-0.3, -0.25) is 9.59 Å². The van der Waals surface area contributed by atoms with Crippen molar-refractivity contribution in [2.75, 3.05) is 30.8 Å². The van der Waals surface area contributed by atoms with Crippen molar-refractivity contribution in [2.45, 2.75) is 27.2 Å². The van der Waals surface area contributed by atoms with Gasteiger partial charge in [0.15, 0.2) is 5.11 Å². The summed E-state index contributed by atoms with van der Waals surface area (Å²) in [5, 5.41) is 15.5. The number of nitrogens with zero attached hydrogens (tertiary/aromatic N) is 1. The number of hydrogen-bond donors (Lipinski definition) is 3. The van der Waals surface area contributed by atoms with Crippen LogP contribution in [0.4, 0.5) is 10.7 Å². The minimum Gasteiger partial charge on any atom is -0.481 e. The first-order chi connectivity index (χ1) is 14.7. The number of amides is 1. The van der Waals surface area contributed by atoms with E-state index >= 15 is 0 Å². The zero-order valence-corrected chi connectivity index (χ0v) is 19.4. The first-order valence-electron chi connectivity index (χ1n) is 9.61. The van der Waals surface area contributed by atoms with E-state index in [1.54, 1.807) is 36.1 Å². The number of thiophene rings is 1. The van der Waals surface area contributed by atoms with Crippen molar-refractivity contribution in [3.63, 3.8) is 0 Å². The van der Waals surface area contributed by atoms with Gasteiger partial charge in [-0.2, -0.15) is 0 Å². The summed E-state index contributed by atoms with van der Waals surface area (Å²) in [5.41, 5.74) is 2.12. The molecule has 0 fully saturated rings. The Balaban J connectivity index is 2.25. The Morgan fingerprint density at radius 1 is 1.13 bits per heavy atom. The van der Waals surface area contributed by atoms with Gasteiger partial charge in [0.2, 0.25) is 0 Å². The summed E-state index contributed by atoms with van der Waals surface area (Å²) in [6.45, 7) is 6.61. The Morgan fingerprint density at radius 3 is 2.26 bits per heavy atom. The minimum atomic E-state index is -0.906. The van der Waals surface area contributed by atoms with E-state index < -0.39 is 11.9 Å². The molecule has 8 nitrogen and oxygen atoms in total. The molecule has 0 unspecified atom stereocenters. The van der Waals surface area contributed by atoms with Gasteiger partial charge < -0.3 is 25.4 Å². The fraction of sp³-hybridized carbons (Fsp3) is 0.333. The zero-order valence-electron chi connectivity index (χ0n) is 17.8. The van der Waals surface area contributed by atoms with E-state index in [4.69, 9.17) is 22.1 Å². The van der Waals surface area contributed by atoms with E-state index in [0.29, 0.717) is 39.8 Å². The van der Waals surface area contributed by atoms with Gasteiger partial charge in [-0.15, -0.1) is 11.3 Å². The predicted octanol–water partition coefficient (Wildman–Crippen LogP) is 3.76. The molecule has 2 aromatic rings. The smallest absolute Gasteiger partial charge is 0.341 e. The number of carbonyl (C=O) groups excluding carboxylic acids is 2. The summed E-state index contributed by atoms with van der Waals surface area (Å²) in [5.74, 6) is -1.62. The third-order valence-corrected chi connectivity index (χ3v) is 5.97. The Kier molecular flexibility index (Phi) is 8.52. The first kappa shape index (κ1) is 24.3. The normalized spacial score (nSPS) is 10.3. The number of anilines is 2. The minimum absolute atomic E-state index is 0.0662. The van der Waals surface area contributed by atoms with Gasteiger partial charge >= 0.3 is 11.9 Å². The number of ether oxygens (including phenoxy) is 1. The molecular weight excluding hydrogens is 438 g/mol. The van der Waals surface area contributed by atoms with Crippen molar-refractivity contribution in [2.24, 2.45) is 0 Å². The fourth-order valence-electron chi connectivity index (χ4n) is 2.95. The maximum atomic E-state index is 12.9. The number of carboxylic acid groups (broad SMARTS) is 1. The monoisotopic (exact) mass is 463 g/mol. The lowest BCUT2D eigenvalue weighted by molar-refractivity contribution is -0.136. The second kappa shape index (κ2) is 10.9. The van der Waals surface area contributed by atoms with Crippen molar-refractivity contribution in [3.05, 3.63) is 45.8 Å². The first-order valence-corrected chi connectivity index (χ1v) is 10.8.